The van der Waals surface area contributed by atoms with E-state index in [1.54, 1.807) is 4.72 Å². The van der Waals surface area contributed by atoms with Crippen LogP contribution in [0.5, 0.6) is 0 Å². The van der Waals surface area contributed by atoms with Crippen molar-refractivity contribution >= 4 is 22.0 Å². The number of carbonyl (C=O) groups excluding carboxylic acids is 1. The molecule has 114 valence electrons. The monoisotopic (exact) mass is 316 g/mol. The highest BCUT2D eigenvalue weighted by Gasteiger charge is 2.15. The van der Waals surface area contributed by atoms with Gasteiger partial charge < -0.3 is 9.84 Å². The van der Waals surface area contributed by atoms with Crippen LogP contribution in [0.4, 0.5) is 14.9 Å². The van der Waals surface area contributed by atoms with Gasteiger partial charge in [0, 0.05) is 6.42 Å². The molecule has 0 aliphatic carbocycles. The lowest BCUT2D eigenvalue weighted by Crippen LogP contribution is -2.35. The summed E-state index contributed by atoms with van der Waals surface area (Å²) in [6.45, 7) is -0.133. The minimum Gasteiger partial charge on any atom is -0.452 e. The average Bonchev–Trinajstić information content (AvgIpc) is 2.40. The standard InChI is InChI=1S/C12H13FN2O5S/c1-20-12(17)15-21(18,19)14-10-6-5-9(11(13)8-10)4-2-3-7-16/h5-6,8,14,16H,3,7H2,1H3,(H,15,17). The van der Waals surface area contributed by atoms with E-state index in [4.69, 9.17) is 5.11 Å². The highest BCUT2D eigenvalue weighted by atomic mass is 32.2. The van der Waals surface area contributed by atoms with E-state index in [2.05, 4.69) is 16.6 Å². The van der Waals surface area contributed by atoms with Gasteiger partial charge in [0.2, 0.25) is 0 Å². The van der Waals surface area contributed by atoms with Gasteiger partial charge in [-0.2, -0.15) is 8.42 Å². The molecule has 1 aromatic carbocycles. The van der Waals surface area contributed by atoms with Crippen LogP contribution in [0.15, 0.2) is 18.2 Å². The van der Waals surface area contributed by atoms with Crippen molar-refractivity contribution in [2.45, 2.75) is 6.42 Å². The van der Waals surface area contributed by atoms with Crippen LogP contribution < -0.4 is 9.44 Å². The molecule has 9 heteroatoms. The third kappa shape index (κ3) is 5.68. The zero-order valence-electron chi connectivity index (χ0n) is 11.0. The van der Waals surface area contributed by atoms with Crippen molar-refractivity contribution < 1.29 is 27.4 Å². The van der Waals surface area contributed by atoms with Crippen LogP contribution in [0.1, 0.15) is 12.0 Å². The third-order valence-electron chi connectivity index (χ3n) is 2.08. The van der Waals surface area contributed by atoms with Gasteiger partial charge in [0.25, 0.3) is 0 Å². The number of aliphatic hydroxyl groups excluding tert-OH is 1. The Morgan fingerprint density at radius 2 is 2.19 bits per heavy atom. The zero-order valence-corrected chi connectivity index (χ0v) is 11.8. The predicted octanol–water partition coefficient (Wildman–Crippen LogP) is 0.572. The molecule has 0 atom stereocenters. The molecule has 21 heavy (non-hydrogen) atoms. The zero-order chi connectivity index (χ0) is 15.9. The Morgan fingerprint density at radius 3 is 2.76 bits per heavy atom. The van der Waals surface area contributed by atoms with Crippen molar-refractivity contribution in [2.75, 3.05) is 18.4 Å². The maximum Gasteiger partial charge on any atom is 0.422 e. The molecule has 7 nitrogen and oxygen atoms in total. The van der Waals surface area contributed by atoms with E-state index in [9.17, 15) is 17.6 Å². The predicted molar refractivity (Wildman–Crippen MR) is 73.1 cm³/mol. The summed E-state index contributed by atoms with van der Waals surface area (Å²) in [5.74, 6) is 4.30. The molecule has 0 heterocycles. The first-order valence-corrected chi connectivity index (χ1v) is 7.14. The highest BCUT2D eigenvalue weighted by molar-refractivity contribution is 7.91. The maximum absolute atomic E-state index is 13.7. The van der Waals surface area contributed by atoms with Gasteiger partial charge in [-0.15, -0.1) is 0 Å². The van der Waals surface area contributed by atoms with E-state index in [1.807, 2.05) is 4.72 Å². The number of benzene rings is 1. The number of ether oxygens (including phenoxy) is 1. The van der Waals surface area contributed by atoms with Crippen molar-refractivity contribution in [3.05, 3.63) is 29.6 Å². The van der Waals surface area contributed by atoms with Gasteiger partial charge in [-0.05, 0) is 18.2 Å². The number of aliphatic hydroxyl groups is 1. The normalized spacial score (nSPS) is 10.2. The van der Waals surface area contributed by atoms with Gasteiger partial charge in [-0.3, -0.25) is 4.72 Å². The molecule has 0 aliphatic rings. The van der Waals surface area contributed by atoms with Gasteiger partial charge in [0.15, 0.2) is 0 Å². The molecule has 1 rings (SSSR count). The third-order valence-corrected chi connectivity index (χ3v) is 3.02. The second-order valence-corrected chi connectivity index (χ2v) is 5.08. The van der Waals surface area contributed by atoms with Crippen molar-refractivity contribution in [3.63, 3.8) is 0 Å². The van der Waals surface area contributed by atoms with Gasteiger partial charge in [0.1, 0.15) is 5.82 Å². The lowest BCUT2D eigenvalue weighted by atomic mass is 10.2. The van der Waals surface area contributed by atoms with Crippen molar-refractivity contribution in [2.24, 2.45) is 0 Å². The summed E-state index contributed by atoms with van der Waals surface area (Å²) in [5.41, 5.74) is -0.0241. The Balaban J connectivity index is 2.85. The first kappa shape index (κ1) is 16.7. The molecule has 0 unspecified atom stereocenters. The van der Waals surface area contributed by atoms with E-state index in [-0.39, 0.29) is 24.3 Å². The Morgan fingerprint density at radius 1 is 1.48 bits per heavy atom. The largest absolute Gasteiger partial charge is 0.452 e. The molecule has 0 saturated heterocycles. The molecule has 0 fully saturated rings. The molecular weight excluding hydrogens is 303 g/mol. The van der Waals surface area contributed by atoms with E-state index in [1.165, 1.54) is 12.1 Å². The number of amides is 1. The number of hydrogen-bond donors (Lipinski definition) is 3. The number of carbonyl (C=O) groups is 1. The summed E-state index contributed by atoms with van der Waals surface area (Å²) in [5, 5.41) is 8.56. The van der Waals surface area contributed by atoms with E-state index < -0.39 is 22.1 Å². The number of methoxy groups -OCH3 is 1. The first-order valence-electron chi connectivity index (χ1n) is 5.65. The van der Waals surface area contributed by atoms with Crippen LogP contribution in [0.3, 0.4) is 0 Å². The Labute approximate surface area is 121 Å². The van der Waals surface area contributed by atoms with Crippen LogP contribution in [0.25, 0.3) is 0 Å². The minimum atomic E-state index is -4.21. The molecule has 1 aromatic rings. The smallest absolute Gasteiger partial charge is 0.422 e. The fourth-order valence-electron chi connectivity index (χ4n) is 1.23. The SMILES string of the molecule is COC(=O)NS(=O)(=O)Nc1ccc(C#CCCO)c(F)c1. The Hall–Kier alpha value is -2.31. The summed E-state index contributed by atoms with van der Waals surface area (Å²) >= 11 is 0. The molecule has 3 N–H and O–H groups in total. The lowest BCUT2D eigenvalue weighted by molar-refractivity contribution is 0.177. The molecule has 0 bridgehead atoms. The summed E-state index contributed by atoms with van der Waals surface area (Å²) in [6.07, 6.45) is -0.967. The van der Waals surface area contributed by atoms with Crippen LogP contribution >= 0.6 is 0 Å². The topological polar surface area (TPSA) is 105 Å². The van der Waals surface area contributed by atoms with Gasteiger partial charge in [-0.25, -0.2) is 13.9 Å². The molecular formula is C12H13FN2O5S. The number of halogens is 1. The highest BCUT2D eigenvalue weighted by Crippen LogP contribution is 2.14. The summed E-state index contributed by atoms with van der Waals surface area (Å²) in [7, 11) is -3.20. The fraction of sp³-hybridized carbons (Fsp3) is 0.250. The fourth-order valence-corrected chi connectivity index (χ4v) is 2.02. The molecule has 0 aromatic heterocycles. The van der Waals surface area contributed by atoms with Crippen molar-refractivity contribution in [1.82, 2.24) is 4.72 Å². The minimum absolute atomic E-state index is 0.0623. The average molecular weight is 316 g/mol. The van der Waals surface area contributed by atoms with Gasteiger partial charge >= 0.3 is 16.3 Å². The molecule has 1 amide bonds. The lowest BCUT2D eigenvalue weighted by Gasteiger charge is -2.08. The summed E-state index contributed by atoms with van der Waals surface area (Å²) < 4.78 is 44.3. The van der Waals surface area contributed by atoms with Crippen LogP contribution in [-0.4, -0.2) is 33.3 Å². The van der Waals surface area contributed by atoms with E-state index >= 15 is 0 Å². The van der Waals surface area contributed by atoms with Crippen LogP contribution in [-0.2, 0) is 14.9 Å². The van der Waals surface area contributed by atoms with Crippen LogP contribution in [0.2, 0.25) is 0 Å². The summed E-state index contributed by atoms with van der Waals surface area (Å²) in [4.78, 5) is 10.8. The number of nitrogens with one attached hydrogen (secondary N) is 2. The molecule has 0 aliphatic heterocycles. The second kappa shape index (κ2) is 7.47. The quantitative estimate of drug-likeness (QED) is 0.705. The number of anilines is 1. The van der Waals surface area contributed by atoms with Crippen molar-refractivity contribution in [3.8, 4) is 11.8 Å². The van der Waals surface area contributed by atoms with Crippen LogP contribution in [0, 0.1) is 17.7 Å². The van der Waals surface area contributed by atoms with Gasteiger partial charge in [-0.1, -0.05) is 11.8 Å². The van der Waals surface area contributed by atoms with E-state index in [0.29, 0.717) is 0 Å². The Kier molecular flexibility index (Phi) is 5.95. The number of rotatable bonds is 4. The molecule has 0 radical (unpaired) electrons. The van der Waals surface area contributed by atoms with Gasteiger partial charge in [0.05, 0.1) is 25.0 Å². The maximum atomic E-state index is 13.7. The summed E-state index contributed by atoms with van der Waals surface area (Å²) in [6, 6.07) is 3.47. The van der Waals surface area contributed by atoms with Crippen molar-refractivity contribution in [1.29, 1.82) is 0 Å². The second-order valence-electron chi connectivity index (χ2n) is 3.67. The molecule has 0 saturated carbocycles. The Bertz CT molecular complexity index is 679. The number of hydrogen-bond acceptors (Lipinski definition) is 5. The first-order chi connectivity index (χ1) is 9.88. The molecule has 0 spiro atoms. The van der Waals surface area contributed by atoms with E-state index in [0.717, 1.165) is 13.2 Å².